The molecule has 0 fully saturated rings. The van der Waals surface area contributed by atoms with E-state index in [0.29, 0.717) is 6.07 Å². The number of halogens is 2. The molecule has 0 aromatic heterocycles. The summed E-state index contributed by atoms with van der Waals surface area (Å²) in [6.07, 6.45) is 0. The highest BCUT2D eigenvalue weighted by molar-refractivity contribution is 5.89. The minimum Gasteiger partial charge on any atom is -0.395 e. The number of hydrogen-bond acceptors (Lipinski definition) is 2. The molecule has 0 saturated carbocycles. The summed E-state index contributed by atoms with van der Waals surface area (Å²) in [5, 5.41) is 11.5. The molecule has 2 rings (SSSR count). The van der Waals surface area contributed by atoms with Crippen molar-refractivity contribution in [3.05, 3.63) is 65.7 Å². The van der Waals surface area contributed by atoms with Crippen LogP contribution in [0.3, 0.4) is 0 Å². The smallest absolute Gasteiger partial charge is 0.322 e. The zero-order valence-electron chi connectivity index (χ0n) is 11.8. The number of anilines is 1. The lowest BCUT2D eigenvalue weighted by atomic mass is 10.2. The molecule has 22 heavy (non-hydrogen) atoms. The Labute approximate surface area is 127 Å². The highest BCUT2D eigenvalue weighted by Gasteiger charge is 2.15. The third-order valence-corrected chi connectivity index (χ3v) is 3.05. The fraction of sp³-hybridized carbons (Fsp3) is 0.188. The molecule has 0 atom stereocenters. The Morgan fingerprint density at radius 2 is 1.86 bits per heavy atom. The molecule has 0 aliphatic rings. The van der Waals surface area contributed by atoms with Crippen molar-refractivity contribution >= 4 is 11.7 Å². The first-order chi connectivity index (χ1) is 10.6. The number of benzene rings is 2. The van der Waals surface area contributed by atoms with Gasteiger partial charge in [0.15, 0.2) is 0 Å². The van der Waals surface area contributed by atoms with Crippen LogP contribution in [0.2, 0.25) is 0 Å². The summed E-state index contributed by atoms with van der Waals surface area (Å²) in [6.45, 7) is 0.158. The van der Waals surface area contributed by atoms with E-state index < -0.39 is 17.7 Å². The second kappa shape index (κ2) is 7.51. The lowest BCUT2D eigenvalue weighted by molar-refractivity contribution is 0.185. The quantitative estimate of drug-likeness (QED) is 0.892. The van der Waals surface area contributed by atoms with E-state index >= 15 is 0 Å². The number of amides is 2. The second-order valence-corrected chi connectivity index (χ2v) is 4.69. The monoisotopic (exact) mass is 306 g/mol. The average molecular weight is 306 g/mol. The molecule has 0 heterocycles. The summed E-state index contributed by atoms with van der Waals surface area (Å²) >= 11 is 0. The van der Waals surface area contributed by atoms with E-state index in [1.165, 1.54) is 4.90 Å². The molecule has 2 aromatic carbocycles. The van der Waals surface area contributed by atoms with Crippen molar-refractivity contribution in [2.24, 2.45) is 0 Å². The maximum absolute atomic E-state index is 13.6. The van der Waals surface area contributed by atoms with E-state index in [1.54, 1.807) is 0 Å². The average Bonchev–Trinajstić information content (AvgIpc) is 2.50. The topological polar surface area (TPSA) is 52.6 Å². The van der Waals surface area contributed by atoms with Gasteiger partial charge in [-0.25, -0.2) is 13.6 Å². The van der Waals surface area contributed by atoms with Crippen molar-refractivity contribution in [3.8, 4) is 0 Å². The van der Waals surface area contributed by atoms with Crippen LogP contribution < -0.4 is 5.32 Å². The summed E-state index contributed by atoms with van der Waals surface area (Å²) in [4.78, 5) is 13.5. The van der Waals surface area contributed by atoms with Crippen molar-refractivity contribution in [3.63, 3.8) is 0 Å². The standard InChI is InChI=1S/C16H16F2N2O2/c17-13-6-7-15(14(18)10-13)19-16(22)20(8-9-21)11-12-4-2-1-3-5-12/h1-7,10,21H,8-9,11H2,(H,19,22). The molecule has 0 saturated heterocycles. The summed E-state index contributed by atoms with van der Waals surface area (Å²) in [5.74, 6) is -1.57. The molecule has 0 radical (unpaired) electrons. The first kappa shape index (κ1) is 15.9. The number of urea groups is 1. The predicted octanol–water partition coefficient (Wildman–Crippen LogP) is 2.99. The Balaban J connectivity index is 2.09. The van der Waals surface area contributed by atoms with Gasteiger partial charge in [0.2, 0.25) is 0 Å². The van der Waals surface area contributed by atoms with Crippen LogP contribution in [0.4, 0.5) is 19.3 Å². The summed E-state index contributed by atoms with van der Waals surface area (Å²) < 4.78 is 26.4. The van der Waals surface area contributed by atoms with E-state index in [9.17, 15) is 13.6 Å². The van der Waals surface area contributed by atoms with Gasteiger partial charge in [0.1, 0.15) is 11.6 Å². The van der Waals surface area contributed by atoms with Crippen LogP contribution in [0.25, 0.3) is 0 Å². The minimum atomic E-state index is -0.850. The number of carbonyl (C=O) groups excluding carboxylic acids is 1. The number of nitrogens with zero attached hydrogens (tertiary/aromatic N) is 1. The van der Waals surface area contributed by atoms with E-state index in [2.05, 4.69) is 5.32 Å². The molecule has 2 N–H and O–H groups in total. The van der Waals surface area contributed by atoms with Gasteiger partial charge in [-0.1, -0.05) is 30.3 Å². The van der Waals surface area contributed by atoms with Crippen LogP contribution in [0.5, 0.6) is 0 Å². The van der Waals surface area contributed by atoms with E-state index in [4.69, 9.17) is 5.11 Å². The number of aliphatic hydroxyl groups is 1. The van der Waals surface area contributed by atoms with E-state index in [0.717, 1.165) is 17.7 Å². The summed E-state index contributed by atoms with van der Waals surface area (Å²) in [7, 11) is 0. The van der Waals surface area contributed by atoms with Crippen molar-refractivity contribution in [2.75, 3.05) is 18.5 Å². The Bertz CT molecular complexity index is 635. The number of aliphatic hydroxyl groups excluding tert-OH is 1. The first-order valence-corrected chi connectivity index (χ1v) is 6.76. The number of carbonyl (C=O) groups is 1. The maximum Gasteiger partial charge on any atom is 0.322 e. The molecule has 6 heteroatoms. The molecule has 4 nitrogen and oxygen atoms in total. The van der Waals surface area contributed by atoms with Gasteiger partial charge >= 0.3 is 6.03 Å². The van der Waals surface area contributed by atoms with Gasteiger partial charge in [-0.15, -0.1) is 0 Å². The lowest BCUT2D eigenvalue weighted by Gasteiger charge is -2.22. The maximum atomic E-state index is 13.6. The molecular weight excluding hydrogens is 290 g/mol. The van der Waals surface area contributed by atoms with Crippen LogP contribution in [0.15, 0.2) is 48.5 Å². The Morgan fingerprint density at radius 1 is 1.14 bits per heavy atom. The summed E-state index contributed by atoms with van der Waals surface area (Å²) in [6, 6.07) is 11.6. The Morgan fingerprint density at radius 3 is 2.50 bits per heavy atom. The lowest BCUT2D eigenvalue weighted by Crippen LogP contribution is -2.36. The number of rotatable bonds is 5. The van der Waals surface area contributed by atoms with Gasteiger partial charge in [-0.05, 0) is 17.7 Å². The molecule has 0 aliphatic carbocycles. The molecule has 0 unspecified atom stereocenters. The van der Waals surface area contributed by atoms with Crippen molar-refractivity contribution in [1.29, 1.82) is 0 Å². The highest BCUT2D eigenvalue weighted by atomic mass is 19.1. The third-order valence-electron chi connectivity index (χ3n) is 3.05. The van der Waals surface area contributed by atoms with Gasteiger partial charge < -0.3 is 15.3 Å². The molecule has 0 spiro atoms. The largest absolute Gasteiger partial charge is 0.395 e. The van der Waals surface area contributed by atoms with Gasteiger partial charge in [0.25, 0.3) is 0 Å². The first-order valence-electron chi connectivity index (χ1n) is 6.76. The second-order valence-electron chi connectivity index (χ2n) is 4.69. The number of nitrogens with one attached hydrogen (secondary N) is 1. The molecule has 0 bridgehead atoms. The fourth-order valence-corrected chi connectivity index (χ4v) is 1.96. The van der Waals surface area contributed by atoms with Gasteiger partial charge in [0, 0.05) is 19.2 Å². The SMILES string of the molecule is O=C(Nc1ccc(F)cc1F)N(CCO)Cc1ccccc1. The van der Waals surface area contributed by atoms with Gasteiger partial charge in [-0.2, -0.15) is 0 Å². The van der Waals surface area contributed by atoms with Crippen LogP contribution in [0, 0.1) is 11.6 Å². The molecule has 2 amide bonds. The third kappa shape index (κ3) is 4.26. The highest BCUT2D eigenvalue weighted by Crippen LogP contribution is 2.16. The zero-order chi connectivity index (χ0) is 15.9. The molecule has 0 aliphatic heterocycles. The van der Waals surface area contributed by atoms with Crippen LogP contribution in [-0.2, 0) is 6.54 Å². The van der Waals surface area contributed by atoms with Crippen LogP contribution >= 0.6 is 0 Å². The number of hydrogen-bond donors (Lipinski definition) is 2. The predicted molar refractivity (Wildman–Crippen MR) is 79.3 cm³/mol. The Hall–Kier alpha value is -2.47. The van der Waals surface area contributed by atoms with Crippen LogP contribution in [0.1, 0.15) is 5.56 Å². The molecule has 2 aromatic rings. The van der Waals surface area contributed by atoms with Gasteiger partial charge in [-0.3, -0.25) is 0 Å². The molecular formula is C16H16F2N2O2. The van der Waals surface area contributed by atoms with Crippen molar-refractivity contribution < 1.29 is 18.7 Å². The van der Waals surface area contributed by atoms with Gasteiger partial charge in [0.05, 0.1) is 12.3 Å². The van der Waals surface area contributed by atoms with Crippen LogP contribution in [-0.4, -0.2) is 29.2 Å². The minimum absolute atomic E-state index is 0.101. The van der Waals surface area contributed by atoms with Crippen molar-refractivity contribution in [2.45, 2.75) is 6.54 Å². The van der Waals surface area contributed by atoms with Crippen molar-refractivity contribution in [1.82, 2.24) is 4.90 Å². The van der Waals surface area contributed by atoms with E-state index in [1.807, 2.05) is 30.3 Å². The normalized spacial score (nSPS) is 10.3. The zero-order valence-corrected chi connectivity index (χ0v) is 11.8. The van der Waals surface area contributed by atoms with E-state index in [-0.39, 0.29) is 25.4 Å². The Kier molecular flexibility index (Phi) is 5.43. The summed E-state index contributed by atoms with van der Waals surface area (Å²) in [5.41, 5.74) is 0.771. The fourth-order valence-electron chi connectivity index (χ4n) is 1.96. The molecule has 116 valence electrons.